The first-order chi connectivity index (χ1) is 6.84. The number of piperidine rings is 1. The first-order valence-electron chi connectivity index (χ1n) is 5.29. The number of rotatable bonds is 3. The molecule has 2 heterocycles. The number of furan rings is 1. The van der Waals surface area contributed by atoms with E-state index < -0.39 is 0 Å². The van der Waals surface area contributed by atoms with Crippen molar-refractivity contribution in [2.75, 3.05) is 20.1 Å². The van der Waals surface area contributed by atoms with Gasteiger partial charge >= 0.3 is 0 Å². The van der Waals surface area contributed by atoms with E-state index in [4.69, 9.17) is 4.42 Å². The molecule has 3 heteroatoms. The molecule has 1 fully saturated rings. The SMILES string of the molecule is CN1CCCC(NCc2ccco2)C1. The molecule has 0 spiro atoms. The molecule has 1 aromatic rings. The van der Waals surface area contributed by atoms with Gasteiger partial charge in [0.15, 0.2) is 0 Å². The van der Waals surface area contributed by atoms with Crippen molar-refractivity contribution in [3.05, 3.63) is 24.2 Å². The van der Waals surface area contributed by atoms with Gasteiger partial charge in [0.2, 0.25) is 0 Å². The number of likely N-dealkylation sites (tertiary alicyclic amines) is 1. The summed E-state index contributed by atoms with van der Waals surface area (Å²) >= 11 is 0. The molecule has 1 N–H and O–H groups in total. The van der Waals surface area contributed by atoms with Crippen molar-refractivity contribution in [2.45, 2.75) is 25.4 Å². The van der Waals surface area contributed by atoms with Crippen LogP contribution in [0, 0.1) is 0 Å². The lowest BCUT2D eigenvalue weighted by atomic mass is 10.1. The second-order valence-corrected chi connectivity index (χ2v) is 4.06. The molecule has 1 aliphatic rings. The lowest BCUT2D eigenvalue weighted by molar-refractivity contribution is 0.224. The normalized spacial score (nSPS) is 23.9. The molecule has 0 aliphatic carbocycles. The fourth-order valence-corrected chi connectivity index (χ4v) is 1.99. The topological polar surface area (TPSA) is 28.4 Å². The minimum atomic E-state index is 0.624. The second kappa shape index (κ2) is 4.62. The predicted octanol–water partition coefficient (Wildman–Crippen LogP) is 1.46. The van der Waals surface area contributed by atoms with Gasteiger partial charge in [-0.15, -0.1) is 0 Å². The van der Waals surface area contributed by atoms with E-state index in [1.807, 2.05) is 12.1 Å². The molecule has 3 nitrogen and oxygen atoms in total. The maximum atomic E-state index is 5.28. The highest BCUT2D eigenvalue weighted by molar-refractivity contribution is 4.98. The highest BCUT2D eigenvalue weighted by Gasteiger charge is 2.16. The summed E-state index contributed by atoms with van der Waals surface area (Å²) in [7, 11) is 2.18. The average molecular weight is 194 g/mol. The largest absolute Gasteiger partial charge is 0.468 e. The standard InChI is InChI=1S/C11H18N2O/c1-13-6-2-4-10(9-13)12-8-11-5-3-7-14-11/h3,5,7,10,12H,2,4,6,8-9H2,1H3. The number of nitrogens with zero attached hydrogens (tertiary/aromatic N) is 1. The lowest BCUT2D eigenvalue weighted by Gasteiger charge is -2.30. The minimum absolute atomic E-state index is 0.624. The number of nitrogens with one attached hydrogen (secondary N) is 1. The first kappa shape index (κ1) is 9.74. The van der Waals surface area contributed by atoms with Gasteiger partial charge in [-0.1, -0.05) is 0 Å². The first-order valence-corrected chi connectivity index (χ1v) is 5.29. The van der Waals surface area contributed by atoms with Gasteiger partial charge in [0.1, 0.15) is 5.76 Å². The molecule has 0 bridgehead atoms. The molecule has 0 amide bonds. The highest BCUT2D eigenvalue weighted by atomic mass is 16.3. The Hall–Kier alpha value is -0.800. The fourth-order valence-electron chi connectivity index (χ4n) is 1.99. The van der Waals surface area contributed by atoms with Gasteiger partial charge < -0.3 is 14.6 Å². The van der Waals surface area contributed by atoms with Gasteiger partial charge in [-0.25, -0.2) is 0 Å². The summed E-state index contributed by atoms with van der Waals surface area (Å²) in [6.45, 7) is 3.24. The molecular weight excluding hydrogens is 176 g/mol. The van der Waals surface area contributed by atoms with Crippen molar-refractivity contribution in [1.29, 1.82) is 0 Å². The Balaban J connectivity index is 1.75. The summed E-state index contributed by atoms with van der Waals surface area (Å²) in [6.07, 6.45) is 4.31. The predicted molar refractivity (Wildman–Crippen MR) is 56.1 cm³/mol. The van der Waals surface area contributed by atoms with E-state index in [9.17, 15) is 0 Å². The molecule has 1 saturated heterocycles. The maximum Gasteiger partial charge on any atom is 0.117 e. The molecule has 1 aliphatic heterocycles. The molecule has 0 saturated carbocycles. The third kappa shape index (κ3) is 2.59. The molecule has 14 heavy (non-hydrogen) atoms. The average Bonchev–Trinajstić information content (AvgIpc) is 2.67. The van der Waals surface area contributed by atoms with Gasteiger partial charge in [-0.2, -0.15) is 0 Å². The third-order valence-electron chi connectivity index (χ3n) is 2.77. The quantitative estimate of drug-likeness (QED) is 0.789. The van der Waals surface area contributed by atoms with Crippen molar-refractivity contribution >= 4 is 0 Å². The molecule has 1 unspecified atom stereocenters. The second-order valence-electron chi connectivity index (χ2n) is 4.06. The van der Waals surface area contributed by atoms with Crippen molar-refractivity contribution in [2.24, 2.45) is 0 Å². The summed E-state index contributed by atoms with van der Waals surface area (Å²) in [4.78, 5) is 2.38. The van der Waals surface area contributed by atoms with Gasteiger partial charge in [-0.3, -0.25) is 0 Å². The van der Waals surface area contributed by atoms with Crippen LogP contribution >= 0.6 is 0 Å². The summed E-state index contributed by atoms with van der Waals surface area (Å²) in [5.74, 6) is 1.03. The van der Waals surface area contributed by atoms with Crippen LogP contribution in [0.25, 0.3) is 0 Å². The molecule has 78 valence electrons. The van der Waals surface area contributed by atoms with E-state index in [1.165, 1.54) is 19.4 Å². The monoisotopic (exact) mass is 194 g/mol. The maximum absolute atomic E-state index is 5.28. The molecule has 2 rings (SSSR count). The molecule has 1 aromatic heterocycles. The van der Waals surface area contributed by atoms with Crippen LogP contribution in [0.15, 0.2) is 22.8 Å². The van der Waals surface area contributed by atoms with E-state index in [0.717, 1.165) is 18.8 Å². The molecule has 1 atom stereocenters. The Kier molecular flexibility index (Phi) is 3.22. The van der Waals surface area contributed by atoms with Crippen molar-refractivity contribution in [3.8, 4) is 0 Å². The van der Waals surface area contributed by atoms with Crippen LogP contribution in [-0.4, -0.2) is 31.1 Å². The van der Waals surface area contributed by atoms with E-state index in [-0.39, 0.29) is 0 Å². The summed E-state index contributed by atoms with van der Waals surface area (Å²) in [5, 5.41) is 3.52. The Morgan fingerprint density at radius 3 is 3.29 bits per heavy atom. The third-order valence-corrected chi connectivity index (χ3v) is 2.77. The van der Waals surface area contributed by atoms with E-state index >= 15 is 0 Å². The van der Waals surface area contributed by atoms with Crippen LogP contribution in [-0.2, 0) is 6.54 Å². The van der Waals surface area contributed by atoms with Gasteiger partial charge in [0.25, 0.3) is 0 Å². The zero-order valence-electron chi connectivity index (χ0n) is 8.70. The van der Waals surface area contributed by atoms with Crippen molar-refractivity contribution in [1.82, 2.24) is 10.2 Å². The van der Waals surface area contributed by atoms with Gasteiger partial charge in [-0.05, 0) is 38.6 Å². The number of hydrogen-bond acceptors (Lipinski definition) is 3. The Morgan fingerprint density at radius 1 is 1.64 bits per heavy atom. The molecule has 0 aromatic carbocycles. The number of hydrogen-bond donors (Lipinski definition) is 1. The van der Waals surface area contributed by atoms with E-state index in [1.54, 1.807) is 6.26 Å². The molecular formula is C11H18N2O. The number of likely N-dealkylation sites (N-methyl/N-ethyl adjacent to an activating group) is 1. The van der Waals surface area contributed by atoms with Gasteiger partial charge in [0.05, 0.1) is 12.8 Å². The zero-order valence-corrected chi connectivity index (χ0v) is 8.70. The van der Waals surface area contributed by atoms with Crippen LogP contribution in [0.5, 0.6) is 0 Å². The van der Waals surface area contributed by atoms with E-state index in [2.05, 4.69) is 17.3 Å². The fraction of sp³-hybridized carbons (Fsp3) is 0.636. The van der Waals surface area contributed by atoms with Crippen molar-refractivity contribution < 1.29 is 4.42 Å². The van der Waals surface area contributed by atoms with Crippen LogP contribution in [0.4, 0.5) is 0 Å². The summed E-state index contributed by atoms with van der Waals surface area (Å²) in [6, 6.07) is 4.57. The summed E-state index contributed by atoms with van der Waals surface area (Å²) < 4.78 is 5.28. The van der Waals surface area contributed by atoms with E-state index in [0.29, 0.717) is 6.04 Å². The lowest BCUT2D eigenvalue weighted by Crippen LogP contribution is -2.43. The summed E-state index contributed by atoms with van der Waals surface area (Å²) in [5.41, 5.74) is 0. The van der Waals surface area contributed by atoms with Crippen LogP contribution in [0.1, 0.15) is 18.6 Å². The zero-order chi connectivity index (χ0) is 9.80. The Morgan fingerprint density at radius 2 is 2.57 bits per heavy atom. The Bertz CT molecular complexity index is 258. The van der Waals surface area contributed by atoms with Crippen molar-refractivity contribution in [3.63, 3.8) is 0 Å². The van der Waals surface area contributed by atoms with Crippen LogP contribution < -0.4 is 5.32 Å². The Labute approximate surface area is 85.1 Å². The van der Waals surface area contributed by atoms with Gasteiger partial charge in [0, 0.05) is 12.6 Å². The smallest absolute Gasteiger partial charge is 0.117 e. The van der Waals surface area contributed by atoms with Crippen LogP contribution in [0.3, 0.4) is 0 Å². The molecule has 0 radical (unpaired) electrons. The van der Waals surface area contributed by atoms with Crippen LogP contribution in [0.2, 0.25) is 0 Å². The highest BCUT2D eigenvalue weighted by Crippen LogP contribution is 2.09. The minimum Gasteiger partial charge on any atom is -0.468 e.